The van der Waals surface area contributed by atoms with Crippen LogP contribution in [0, 0.1) is 0 Å². The van der Waals surface area contributed by atoms with Crippen molar-refractivity contribution in [3.63, 3.8) is 0 Å². The standard InChI is InChI=1S/C11H21NO3/c1-14-10(13)5-8-15-11(9-12)6-3-2-4-7-11/h2-9,12H2,1H3. The van der Waals surface area contributed by atoms with Gasteiger partial charge in [0.25, 0.3) is 0 Å². The summed E-state index contributed by atoms with van der Waals surface area (Å²) in [7, 11) is 1.39. The Morgan fingerprint density at radius 2 is 2.00 bits per heavy atom. The SMILES string of the molecule is COC(=O)CCOC1(CN)CCCCC1. The van der Waals surface area contributed by atoms with E-state index in [1.165, 1.54) is 26.4 Å². The molecule has 0 saturated heterocycles. The van der Waals surface area contributed by atoms with E-state index in [0.717, 1.165) is 12.8 Å². The quantitative estimate of drug-likeness (QED) is 0.701. The van der Waals surface area contributed by atoms with E-state index < -0.39 is 0 Å². The zero-order valence-electron chi connectivity index (χ0n) is 9.46. The third kappa shape index (κ3) is 3.80. The van der Waals surface area contributed by atoms with Gasteiger partial charge in [-0.25, -0.2) is 0 Å². The lowest BCUT2D eigenvalue weighted by Crippen LogP contribution is -2.43. The smallest absolute Gasteiger partial charge is 0.307 e. The lowest BCUT2D eigenvalue weighted by molar-refractivity contribution is -0.144. The van der Waals surface area contributed by atoms with E-state index in [2.05, 4.69) is 4.74 Å². The van der Waals surface area contributed by atoms with Gasteiger partial charge in [0, 0.05) is 6.54 Å². The minimum Gasteiger partial charge on any atom is -0.469 e. The molecule has 0 atom stereocenters. The molecular formula is C11H21NO3. The summed E-state index contributed by atoms with van der Waals surface area (Å²) in [6.07, 6.45) is 5.97. The van der Waals surface area contributed by atoms with Crippen molar-refractivity contribution in [2.75, 3.05) is 20.3 Å². The maximum absolute atomic E-state index is 10.9. The van der Waals surface area contributed by atoms with Crippen molar-refractivity contribution in [3.8, 4) is 0 Å². The first-order valence-corrected chi connectivity index (χ1v) is 5.63. The number of hydrogen-bond donors (Lipinski definition) is 1. The predicted octanol–water partition coefficient (Wildman–Crippen LogP) is 1.23. The first-order valence-electron chi connectivity index (χ1n) is 5.63. The van der Waals surface area contributed by atoms with Gasteiger partial charge in [-0.15, -0.1) is 0 Å². The van der Waals surface area contributed by atoms with Crippen LogP contribution in [0.3, 0.4) is 0 Å². The summed E-state index contributed by atoms with van der Waals surface area (Å²) < 4.78 is 10.3. The molecule has 0 heterocycles. The van der Waals surface area contributed by atoms with E-state index in [0.29, 0.717) is 19.6 Å². The second-order valence-electron chi connectivity index (χ2n) is 4.12. The average Bonchev–Trinajstić information content (AvgIpc) is 2.30. The van der Waals surface area contributed by atoms with E-state index in [4.69, 9.17) is 10.5 Å². The highest BCUT2D eigenvalue weighted by Crippen LogP contribution is 2.30. The molecule has 1 fully saturated rings. The highest BCUT2D eigenvalue weighted by molar-refractivity contribution is 5.69. The normalized spacial score (nSPS) is 19.9. The predicted molar refractivity (Wildman–Crippen MR) is 57.5 cm³/mol. The monoisotopic (exact) mass is 215 g/mol. The van der Waals surface area contributed by atoms with Gasteiger partial charge in [-0.05, 0) is 12.8 Å². The van der Waals surface area contributed by atoms with Gasteiger partial charge in [-0.3, -0.25) is 4.79 Å². The molecule has 1 aliphatic carbocycles. The largest absolute Gasteiger partial charge is 0.469 e. The molecule has 15 heavy (non-hydrogen) atoms. The second kappa shape index (κ2) is 6.08. The van der Waals surface area contributed by atoms with Crippen LogP contribution < -0.4 is 5.73 Å². The van der Waals surface area contributed by atoms with E-state index in [1.807, 2.05) is 0 Å². The topological polar surface area (TPSA) is 61.5 Å². The molecule has 1 saturated carbocycles. The fourth-order valence-electron chi connectivity index (χ4n) is 2.06. The summed E-state index contributed by atoms with van der Waals surface area (Å²) in [5.41, 5.74) is 5.57. The van der Waals surface area contributed by atoms with Crippen LogP contribution in [-0.4, -0.2) is 31.8 Å². The summed E-state index contributed by atoms with van der Waals surface area (Å²) in [6, 6.07) is 0. The molecule has 0 aromatic rings. The number of carbonyl (C=O) groups is 1. The Kier molecular flexibility index (Phi) is 5.05. The molecule has 0 amide bonds. The number of carbonyl (C=O) groups excluding carboxylic acids is 1. The van der Waals surface area contributed by atoms with E-state index in [-0.39, 0.29) is 11.6 Å². The molecule has 0 aliphatic heterocycles. The van der Waals surface area contributed by atoms with Crippen LogP contribution in [0.25, 0.3) is 0 Å². The molecule has 4 heteroatoms. The maximum Gasteiger partial charge on any atom is 0.307 e. The first kappa shape index (κ1) is 12.5. The zero-order chi connectivity index (χ0) is 11.1. The minimum atomic E-state index is -0.224. The van der Waals surface area contributed by atoms with Crippen LogP contribution in [-0.2, 0) is 14.3 Å². The summed E-state index contributed by atoms with van der Waals surface area (Å²) >= 11 is 0. The molecule has 0 aromatic carbocycles. The van der Waals surface area contributed by atoms with Gasteiger partial charge >= 0.3 is 5.97 Å². The van der Waals surface area contributed by atoms with Crippen molar-refractivity contribution >= 4 is 5.97 Å². The Balaban J connectivity index is 2.29. The van der Waals surface area contributed by atoms with Crippen molar-refractivity contribution in [3.05, 3.63) is 0 Å². The van der Waals surface area contributed by atoms with Gasteiger partial charge in [0.15, 0.2) is 0 Å². The fourth-order valence-corrected chi connectivity index (χ4v) is 2.06. The van der Waals surface area contributed by atoms with Crippen LogP contribution in [0.2, 0.25) is 0 Å². The first-order chi connectivity index (χ1) is 7.22. The lowest BCUT2D eigenvalue weighted by atomic mass is 9.85. The summed E-state index contributed by atoms with van der Waals surface area (Å²) in [4.78, 5) is 10.9. The highest BCUT2D eigenvalue weighted by atomic mass is 16.5. The Morgan fingerprint density at radius 3 is 2.53 bits per heavy atom. The molecule has 0 spiro atoms. The van der Waals surface area contributed by atoms with Gasteiger partial charge < -0.3 is 15.2 Å². The number of ether oxygens (including phenoxy) is 2. The Bertz CT molecular complexity index is 200. The van der Waals surface area contributed by atoms with Crippen molar-refractivity contribution in [1.82, 2.24) is 0 Å². The zero-order valence-corrected chi connectivity index (χ0v) is 9.46. The molecule has 1 rings (SSSR count). The molecule has 0 unspecified atom stereocenters. The molecule has 1 aliphatic rings. The third-order valence-electron chi connectivity index (χ3n) is 3.08. The van der Waals surface area contributed by atoms with E-state index >= 15 is 0 Å². The highest BCUT2D eigenvalue weighted by Gasteiger charge is 2.31. The molecule has 0 radical (unpaired) electrons. The van der Waals surface area contributed by atoms with Crippen molar-refractivity contribution in [1.29, 1.82) is 0 Å². The van der Waals surface area contributed by atoms with Crippen LogP contribution >= 0.6 is 0 Å². The summed E-state index contributed by atoms with van der Waals surface area (Å²) in [6.45, 7) is 0.970. The molecule has 2 N–H and O–H groups in total. The number of nitrogens with two attached hydrogens (primary N) is 1. The third-order valence-corrected chi connectivity index (χ3v) is 3.08. The number of esters is 1. The Labute approximate surface area is 91.1 Å². The lowest BCUT2D eigenvalue weighted by Gasteiger charge is -2.36. The minimum absolute atomic E-state index is 0.174. The Morgan fingerprint density at radius 1 is 1.33 bits per heavy atom. The van der Waals surface area contributed by atoms with Gasteiger partial charge in [0.1, 0.15) is 0 Å². The second-order valence-corrected chi connectivity index (χ2v) is 4.12. The maximum atomic E-state index is 10.9. The van der Waals surface area contributed by atoms with Crippen LogP contribution in [0.15, 0.2) is 0 Å². The number of hydrogen-bond acceptors (Lipinski definition) is 4. The van der Waals surface area contributed by atoms with Crippen LogP contribution in [0.4, 0.5) is 0 Å². The van der Waals surface area contributed by atoms with Crippen molar-refractivity contribution in [2.24, 2.45) is 5.73 Å². The van der Waals surface area contributed by atoms with Crippen molar-refractivity contribution < 1.29 is 14.3 Å². The van der Waals surface area contributed by atoms with Gasteiger partial charge in [-0.1, -0.05) is 19.3 Å². The number of methoxy groups -OCH3 is 1. The van der Waals surface area contributed by atoms with E-state index in [9.17, 15) is 4.79 Å². The molecule has 0 bridgehead atoms. The van der Waals surface area contributed by atoms with Crippen molar-refractivity contribution in [2.45, 2.75) is 44.1 Å². The fraction of sp³-hybridized carbons (Fsp3) is 0.909. The summed E-state index contributed by atoms with van der Waals surface area (Å²) in [5.74, 6) is -0.224. The molecule has 0 aromatic heterocycles. The molecule has 88 valence electrons. The van der Waals surface area contributed by atoms with Gasteiger partial charge in [0.2, 0.25) is 0 Å². The van der Waals surface area contributed by atoms with Crippen LogP contribution in [0.1, 0.15) is 38.5 Å². The average molecular weight is 215 g/mol. The van der Waals surface area contributed by atoms with Crippen LogP contribution in [0.5, 0.6) is 0 Å². The molecule has 4 nitrogen and oxygen atoms in total. The van der Waals surface area contributed by atoms with E-state index in [1.54, 1.807) is 0 Å². The van der Waals surface area contributed by atoms with Gasteiger partial charge in [0.05, 0.1) is 25.7 Å². The Hall–Kier alpha value is -0.610. The van der Waals surface area contributed by atoms with Gasteiger partial charge in [-0.2, -0.15) is 0 Å². The number of rotatable bonds is 5. The summed E-state index contributed by atoms with van der Waals surface area (Å²) in [5, 5.41) is 0. The molecular weight excluding hydrogens is 194 g/mol.